The molecule has 2 amide bonds. The van der Waals surface area contributed by atoms with E-state index in [4.69, 9.17) is 9.47 Å². The molecule has 2 aliphatic heterocycles. The van der Waals surface area contributed by atoms with Gasteiger partial charge in [-0.1, -0.05) is 11.6 Å². The van der Waals surface area contributed by atoms with Gasteiger partial charge >= 0.3 is 0 Å². The number of nitrogens with one attached hydrogen (secondary N) is 1. The van der Waals surface area contributed by atoms with Gasteiger partial charge in [-0.05, 0) is 44.2 Å². The highest BCUT2D eigenvalue weighted by atomic mass is 16.5. The van der Waals surface area contributed by atoms with E-state index < -0.39 is 5.66 Å². The number of anilines is 1. The Balaban J connectivity index is 1.54. The first-order chi connectivity index (χ1) is 14.9. The van der Waals surface area contributed by atoms with Gasteiger partial charge < -0.3 is 24.6 Å². The molecule has 0 bridgehead atoms. The third-order valence-electron chi connectivity index (χ3n) is 6.37. The highest BCUT2D eigenvalue weighted by molar-refractivity contribution is 6.03. The SMILES string of the molecule is CCN1c2ccc(C)cc2C(=O)NC12CCN(C(=O)c1ccc(OC)c(OC)c1)CC2. The average Bonchev–Trinajstić information content (AvgIpc) is 2.79. The normalized spacial score (nSPS) is 17.2. The third-order valence-corrected chi connectivity index (χ3v) is 6.37. The second-order valence-electron chi connectivity index (χ2n) is 8.11. The van der Waals surface area contributed by atoms with Gasteiger partial charge in [0, 0.05) is 38.0 Å². The van der Waals surface area contributed by atoms with Crippen molar-refractivity contribution in [2.24, 2.45) is 0 Å². The molecular formula is C24H29N3O4. The van der Waals surface area contributed by atoms with Crippen LogP contribution in [0.2, 0.25) is 0 Å². The molecule has 0 unspecified atom stereocenters. The third kappa shape index (κ3) is 3.58. The first kappa shape index (κ1) is 21.0. The lowest BCUT2D eigenvalue weighted by Crippen LogP contribution is -2.68. The number of benzene rings is 2. The fourth-order valence-corrected chi connectivity index (χ4v) is 4.74. The maximum atomic E-state index is 13.1. The first-order valence-electron chi connectivity index (χ1n) is 10.6. The zero-order chi connectivity index (χ0) is 22.2. The second-order valence-corrected chi connectivity index (χ2v) is 8.11. The van der Waals surface area contributed by atoms with E-state index in [1.807, 2.05) is 30.0 Å². The number of rotatable bonds is 4. The van der Waals surface area contributed by atoms with Gasteiger partial charge in [0.2, 0.25) is 0 Å². The molecule has 2 aromatic carbocycles. The van der Waals surface area contributed by atoms with Gasteiger partial charge in [-0.15, -0.1) is 0 Å². The molecular weight excluding hydrogens is 394 g/mol. The minimum atomic E-state index is -0.470. The van der Waals surface area contributed by atoms with Crippen LogP contribution >= 0.6 is 0 Å². The van der Waals surface area contributed by atoms with E-state index in [0.29, 0.717) is 43.0 Å². The predicted molar refractivity (Wildman–Crippen MR) is 119 cm³/mol. The molecule has 7 nitrogen and oxygen atoms in total. The van der Waals surface area contributed by atoms with Crippen LogP contribution < -0.4 is 19.7 Å². The van der Waals surface area contributed by atoms with E-state index in [0.717, 1.165) is 23.4 Å². The highest BCUT2D eigenvalue weighted by Crippen LogP contribution is 2.38. The van der Waals surface area contributed by atoms with Gasteiger partial charge in [0.15, 0.2) is 11.5 Å². The van der Waals surface area contributed by atoms with Gasteiger partial charge in [-0.25, -0.2) is 0 Å². The van der Waals surface area contributed by atoms with Crippen LogP contribution in [0.1, 0.15) is 46.0 Å². The summed E-state index contributed by atoms with van der Waals surface area (Å²) in [5.41, 5.74) is 2.85. The molecule has 1 spiro atoms. The molecule has 4 rings (SSSR count). The van der Waals surface area contributed by atoms with Gasteiger partial charge in [0.05, 0.1) is 25.5 Å². The summed E-state index contributed by atoms with van der Waals surface area (Å²) in [5, 5.41) is 3.26. The van der Waals surface area contributed by atoms with Gasteiger partial charge in [-0.3, -0.25) is 9.59 Å². The number of carbonyl (C=O) groups is 2. The zero-order valence-corrected chi connectivity index (χ0v) is 18.5. The van der Waals surface area contributed by atoms with Crippen molar-refractivity contribution in [1.29, 1.82) is 0 Å². The summed E-state index contributed by atoms with van der Waals surface area (Å²) in [4.78, 5) is 30.1. The number of hydrogen-bond acceptors (Lipinski definition) is 5. The Bertz CT molecular complexity index is 1010. The minimum Gasteiger partial charge on any atom is -0.493 e. The summed E-state index contributed by atoms with van der Waals surface area (Å²) in [6.45, 7) is 5.99. The standard InChI is InChI=1S/C24H29N3O4/c1-5-27-19-8-6-16(2)14-18(19)22(28)25-24(27)10-12-26(13-11-24)23(29)17-7-9-20(30-3)21(15-17)31-4/h6-9,14-15H,5,10-13H2,1-4H3,(H,25,28). The fraction of sp³-hybridized carbons (Fsp3) is 0.417. The molecule has 1 saturated heterocycles. The lowest BCUT2D eigenvalue weighted by Gasteiger charge is -2.52. The number of nitrogens with zero attached hydrogens (tertiary/aromatic N) is 2. The van der Waals surface area contributed by atoms with E-state index in [1.54, 1.807) is 32.4 Å². The van der Waals surface area contributed by atoms with E-state index >= 15 is 0 Å². The lowest BCUT2D eigenvalue weighted by atomic mass is 9.89. The molecule has 7 heteroatoms. The number of amides is 2. The average molecular weight is 424 g/mol. The van der Waals surface area contributed by atoms with Gasteiger partial charge in [0.25, 0.3) is 11.8 Å². The zero-order valence-electron chi connectivity index (χ0n) is 18.5. The molecule has 0 saturated carbocycles. The number of hydrogen-bond donors (Lipinski definition) is 1. The van der Waals surface area contributed by atoms with Crippen molar-refractivity contribution in [2.75, 3.05) is 38.8 Å². The molecule has 2 aliphatic rings. The number of methoxy groups -OCH3 is 2. The van der Waals surface area contributed by atoms with E-state index in [1.165, 1.54) is 0 Å². The summed E-state index contributed by atoms with van der Waals surface area (Å²) in [6.07, 6.45) is 1.33. The van der Waals surface area contributed by atoms with Gasteiger partial charge in [-0.2, -0.15) is 0 Å². The quantitative estimate of drug-likeness (QED) is 0.818. The minimum absolute atomic E-state index is 0.0388. The van der Waals surface area contributed by atoms with Crippen molar-refractivity contribution >= 4 is 17.5 Å². The van der Waals surface area contributed by atoms with Crippen LogP contribution in [0.4, 0.5) is 5.69 Å². The number of piperidine rings is 1. The number of aryl methyl sites for hydroxylation is 1. The van der Waals surface area contributed by atoms with Crippen molar-refractivity contribution in [3.63, 3.8) is 0 Å². The molecule has 0 atom stereocenters. The Morgan fingerprint density at radius 2 is 1.77 bits per heavy atom. The van der Waals surface area contributed by atoms with E-state index in [-0.39, 0.29) is 11.8 Å². The summed E-state index contributed by atoms with van der Waals surface area (Å²) >= 11 is 0. The highest BCUT2D eigenvalue weighted by Gasteiger charge is 2.45. The Kier molecular flexibility index (Phi) is 5.52. The summed E-state index contributed by atoms with van der Waals surface area (Å²) in [7, 11) is 3.13. The summed E-state index contributed by atoms with van der Waals surface area (Å²) in [6, 6.07) is 11.2. The molecule has 2 aromatic rings. The molecule has 0 aromatic heterocycles. The van der Waals surface area contributed by atoms with Gasteiger partial charge in [0.1, 0.15) is 5.66 Å². The maximum absolute atomic E-state index is 13.1. The Morgan fingerprint density at radius 1 is 1.06 bits per heavy atom. The smallest absolute Gasteiger partial charge is 0.255 e. The molecule has 0 aliphatic carbocycles. The summed E-state index contributed by atoms with van der Waals surface area (Å²) < 4.78 is 10.6. The van der Waals surface area contributed by atoms with Crippen LogP contribution in [0, 0.1) is 6.92 Å². The largest absolute Gasteiger partial charge is 0.493 e. The Hall–Kier alpha value is -3.22. The van der Waals surface area contributed by atoms with Crippen LogP contribution in [0.5, 0.6) is 11.5 Å². The van der Waals surface area contributed by atoms with Crippen molar-refractivity contribution < 1.29 is 19.1 Å². The van der Waals surface area contributed by atoms with Crippen LogP contribution in [0.15, 0.2) is 36.4 Å². The van der Waals surface area contributed by atoms with Crippen LogP contribution in [0.25, 0.3) is 0 Å². The van der Waals surface area contributed by atoms with Crippen molar-refractivity contribution in [3.8, 4) is 11.5 Å². The molecule has 2 heterocycles. The van der Waals surface area contributed by atoms with Crippen LogP contribution in [-0.2, 0) is 0 Å². The Morgan fingerprint density at radius 3 is 2.42 bits per heavy atom. The lowest BCUT2D eigenvalue weighted by molar-refractivity contribution is 0.0603. The molecule has 1 N–H and O–H groups in total. The molecule has 31 heavy (non-hydrogen) atoms. The van der Waals surface area contributed by atoms with Crippen LogP contribution in [-0.4, -0.2) is 56.2 Å². The molecule has 164 valence electrons. The topological polar surface area (TPSA) is 71.1 Å². The number of likely N-dealkylation sites (tertiary alicyclic amines) is 1. The van der Waals surface area contributed by atoms with Crippen molar-refractivity contribution in [1.82, 2.24) is 10.2 Å². The van der Waals surface area contributed by atoms with Crippen molar-refractivity contribution in [2.45, 2.75) is 32.4 Å². The molecule has 0 radical (unpaired) electrons. The fourth-order valence-electron chi connectivity index (χ4n) is 4.74. The maximum Gasteiger partial charge on any atom is 0.255 e. The number of carbonyl (C=O) groups excluding carboxylic acids is 2. The van der Waals surface area contributed by atoms with E-state index in [2.05, 4.69) is 17.1 Å². The first-order valence-corrected chi connectivity index (χ1v) is 10.6. The monoisotopic (exact) mass is 423 g/mol. The van der Waals surface area contributed by atoms with Crippen molar-refractivity contribution in [3.05, 3.63) is 53.1 Å². The predicted octanol–water partition coefficient (Wildman–Crippen LogP) is 3.21. The van der Waals surface area contributed by atoms with Crippen LogP contribution in [0.3, 0.4) is 0 Å². The molecule has 1 fully saturated rings. The van der Waals surface area contributed by atoms with E-state index in [9.17, 15) is 9.59 Å². The Labute approximate surface area is 182 Å². The second kappa shape index (κ2) is 8.13. The number of ether oxygens (including phenoxy) is 2. The number of fused-ring (bicyclic) bond motifs is 1. The summed E-state index contributed by atoms with van der Waals surface area (Å²) in [5.74, 6) is 1.04.